The van der Waals surface area contributed by atoms with Crippen LogP contribution in [0.1, 0.15) is 11.1 Å². The molecule has 0 radical (unpaired) electrons. The Balaban J connectivity index is 1.46. The van der Waals surface area contributed by atoms with Gasteiger partial charge in [-0.05, 0) is 79.8 Å². The first-order valence-corrected chi connectivity index (χ1v) is 11.5. The van der Waals surface area contributed by atoms with Gasteiger partial charge in [-0.2, -0.15) is 0 Å². The first-order chi connectivity index (χ1) is 16.0. The molecule has 0 spiro atoms. The van der Waals surface area contributed by atoms with Gasteiger partial charge >= 0.3 is 0 Å². The molecule has 0 saturated carbocycles. The number of fused-ring (bicyclic) bond motifs is 1. The predicted molar refractivity (Wildman–Crippen MR) is 132 cm³/mol. The lowest BCUT2D eigenvalue weighted by Crippen LogP contribution is -2.20. The van der Waals surface area contributed by atoms with Crippen molar-refractivity contribution in [1.82, 2.24) is 15.2 Å². The number of hydrogen-bond acceptors (Lipinski definition) is 6. The SMILES string of the molecule is CN(C)CCOc1ccnc2ccc(C=C3SC(=NCCc4cccc(F)c4)NC3=O)cc12. The van der Waals surface area contributed by atoms with Crippen LogP contribution in [0.15, 0.2) is 64.6 Å². The maximum absolute atomic E-state index is 13.3. The molecule has 1 saturated heterocycles. The van der Waals surface area contributed by atoms with Crippen LogP contribution in [-0.4, -0.2) is 54.8 Å². The van der Waals surface area contributed by atoms with E-state index in [0.29, 0.717) is 29.6 Å². The molecule has 6 nitrogen and oxygen atoms in total. The fraction of sp³-hybridized carbons (Fsp3) is 0.240. The topological polar surface area (TPSA) is 66.8 Å². The van der Waals surface area contributed by atoms with Gasteiger partial charge in [-0.1, -0.05) is 18.2 Å². The van der Waals surface area contributed by atoms with Gasteiger partial charge in [0.1, 0.15) is 18.2 Å². The number of rotatable bonds is 8. The molecule has 33 heavy (non-hydrogen) atoms. The zero-order chi connectivity index (χ0) is 23.2. The molecule has 3 aromatic rings. The molecule has 170 valence electrons. The van der Waals surface area contributed by atoms with E-state index in [4.69, 9.17) is 4.74 Å². The highest BCUT2D eigenvalue weighted by Gasteiger charge is 2.23. The maximum Gasteiger partial charge on any atom is 0.264 e. The number of hydrogen-bond donors (Lipinski definition) is 1. The summed E-state index contributed by atoms with van der Waals surface area (Å²) in [6, 6.07) is 14.2. The van der Waals surface area contributed by atoms with Crippen molar-refractivity contribution in [2.24, 2.45) is 4.99 Å². The molecule has 2 heterocycles. The third-order valence-electron chi connectivity index (χ3n) is 5.02. The molecule has 4 rings (SSSR count). The summed E-state index contributed by atoms with van der Waals surface area (Å²) < 4.78 is 19.3. The molecule has 0 aliphatic carbocycles. The molecule has 0 bridgehead atoms. The number of nitrogens with zero attached hydrogens (tertiary/aromatic N) is 3. The van der Waals surface area contributed by atoms with E-state index in [0.717, 1.165) is 34.3 Å². The number of halogens is 1. The number of amidine groups is 1. The predicted octanol–water partition coefficient (Wildman–Crippen LogP) is 4.12. The number of pyridine rings is 1. The van der Waals surface area contributed by atoms with Crippen LogP contribution in [-0.2, 0) is 11.2 Å². The van der Waals surface area contributed by atoms with E-state index in [1.807, 2.05) is 50.5 Å². The molecule has 2 aromatic carbocycles. The van der Waals surface area contributed by atoms with Crippen molar-refractivity contribution >= 4 is 39.8 Å². The molecular weight excluding hydrogens is 439 g/mol. The van der Waals surface area contributed by atoms with Gasteiger partial charge in [0.2, 0.25) is 0 Å². The highest BCUT2D eigenvalue weighted by Crippen LogP contribution is 2.29. The maximum atomic E-state index is 13.3. The van der Waals surface area contributed by atoms with Gasteiger partial charge in [0, 0.05) is 24.7 Å². The fourth-order valence-corrected chi connectivity index (χ4v) is 4.17. The number of nitrogens with one attached hydrogen (secondary N) is 1. The first-order valence-electron chi connectivity index (χ1n) is 10.6. The minimum Gasteiger partial charge on any atom is -0.491 e. The van der Waals surface area contributed by atoms with Gasteiger partial charge in [-0.3, -0.25) is 14.8 Å². The molecule has 1 amide bonds. The Morgan fingerprint density at radius 3 is 2.91 bits per heavy atom. The second kappa shape index (κ2) is 10.6. The number of aromatic nitrogens is 1. The Hall–Kier alpha value is -3.23. The molecular formula is C25H25FN4O2S. The normalized spacial score (nSPS) is 16.2. The van der Waals surface area contributed by atoms with Crippen molar-refractivity contribution < 1.29 is 13.9 Å². The van der Waals surface area contributed by atoms with E-state index >= 15 is 0 Å². The lowest BCUT2D eigenvalue weighted by atomic mass is 10.1. The summed E-state index contributed by atoms with van der Waals surface area (Å²) in [5, 5.41) is 4.25. The minimum atomic E-state index is -0.259. The molecule has 0 unspecified atom stereocenters. The van der Waals surface area contributed by atoms with Crippen molar-refractivity contribution in [3.8, 4) is 5.75 Å². The van der Waals surface area contributed by atoms with E-state index in [9.17, 15) is 9.18 Å². The highest BCUT2D eigenvalue weighted by molar-refractivity contribution is 8.18. The molecule has 1 N–H and O–H groups in total. The number of ether oxygens (including phenoxy) is 1. The zero-order valence-corrected chi connectivity index (χ0v) is 19.4. The summed E-state index contributed by atoms with van der Waals surface area (Å²) in [5.41, 5.74) is 2.59. The van der Waals surface area contributed by atoms with E-state index < -0.39 is 0 Å². The minimum absolute atomic E-state index is 0.182. The van der Waals surface area contributed by atoms with Crippen LogP contribution >= 0.6 is 11.8 Å². The molecule has 0 atom stereocenters. The van der Waals surface area contributed by atoms with Crippen LogP contribution in [0.5, 0.6) is 5.75 Å². The van der Waals surface area contributed by atoms with Crippen molar-refractivity contribution in [1.29, 1.82) is 0 Å². The fourth-order valence-electron chi connectivity index (χ4n) is 3.32. The van der Waals surface area contributed by atoms with Gasteiger partial charge in [-0.25, -0.2) is 4.39 Å². The number of likely N-dealkylation sites (N-methyl/N-ethyl adjacent to an activating group) is 1. The van der Waals surface area contributed by atoms with Crippen LogP contribution in [0, 0.1) is 5.82 Å². The van der Waals surface area contributed by atoms with E-state index in [1.165, 1.54) is 23.9 Å². The van der Waals surface area contributed by atoms with E-state index in [1.54, 1.807) is 12.3 Å². The first kappa shape index (κ1) is 22.9. The van der Waals surface area contributed by atoms with E-state index in [-0.39, 0.29) is 11.7 Å². The monoisotopic (exact) mass is 464 g/mol. The Labute approximate surface area is 196 Å². The average molecular weight is 465 g/mol. The largest absolute Gasteiger partial charge is 0.491 e. The van der Waals surface area contributed by atoms with Gasteiger partial charge in [0.05, 0.1) is 10.4 Å². The van der Waals surface area contributed by atoms with Gasteiger partial charge < -0.3 is 15.0 Å². The summed E-state index contributed by atoms with van der Waals surface area (Å²) in [6.07, 6.45) is 4.18. The van der Waals surface area contributed by atoms with Crippen molar-refractivity contribution in [2.75, 3.05) is 33.8 Å². The van der Waals surface area contributed by atoms with E-state index in [2.05, 4.69) is 20.2 Å². The number of amides is 1. The number of carbonyl (C=O) groups is 1. The smallest absolute Gasteiger partial charge is 0.264 e. The Morgan fingerprint density at radius 2 is 2.09 bits per heavy atom. The number of thioether (sulfide) groups is 1. The summed E-state index contributed by atoms with van der Waals surface area (Å²) >= 11 is 1.30. The van der Waals surface area contributed by atoms with Crippen LogP contribution in [0.25, 0.3) is 17.0 Å². The second-order valence-electron chi connectivity index (χ2n) is 7.87. The number of aliphatic imine (C=N–C) groups is 1. The van der Waals surface area contributed by atoms with Crippen LogP contribution in [0.2, 0.25) is 0 Å². The third-order valence-corrected chi connectivity index (χ3v) is 5.96. The van der Waals surface area contributed by atoms with Gasteiger partial charge in [0.25, 0.3) is 5.91 Å². The molecule has 1 aromatic heterocycles. The van der Waals surface area contributed by atoms with Crippen molar-refractivity contribution in [2.45, 2.75) is 6.42 Å². The zero-order valence-electron chi connectivity index (χ0n) is 18.5. The Bertz CT molecular complexity index is 1230. The summed E-state index contributed by atoms with van der Waals surface area (Å²) in [4.78, 5) is 23.9. The molecule has 1 aliphatic rings. The van der Waals surface area contributed by atoms with Crippen LogP contribution < -0.4 is 10.1 Å². The number of benzene rings is 2. The van der Waals surface area contributed by atoms with Gasteiger partial charge in [0.15, 0.2) is 5.17 Å². The van der Waals surface area contributed by atoms with Crippen molar-refractivity contribution in [3.05, 3.63) is 76.6 Å². The van der Waals surface area contributed by atoms with Crippen LogP contribution in [0.3, 0.4) is 0 Å². The molecule has 1 aliphatic heterocycles. The molecule has 8 heteroatoms. The summed E-state index contributed by atoms with van der Waals surface area (Å²) in [7, 11) is 4.00. The summed E-state index contributed by atoms with van der Waals surface area (Å²) in [5.74, 6) is 0.328. The van der Waals surface area contributed by atoms with Crippen molar-refractivity contribution in [3.63, 3.8) is 0 Å². The summed E-state index contributed by atoms with van der Waals surface area (Å²) in [6.45, 7) is 1.85. The second-order valence-corrected chi connectivity index (χ2v) is 8.90. The third kappa shape index (κ3) is 6.18. The highest BCUT2D eigenvalue weighted by atomic mass is 32.2. The lowest BCUT2D eigenvalue weighted by Gasteiger charge is -2.12. The van der Waals surface area contributed by atoms with Crippen LogP contribution in [0.4, 0.5) is 4.39 Å². The standard InChI is InChI=1S/C25H25FN4O2S/c1-30(2)12-13-32-22-9-11-27-21-7-6-18(15-20(21)22)16-23-24(31)29-25(33-23)28-10-8-17-4-3-5-19(26)14-17/h3-7,9,11,14-16H,8,10,12-13H2,1-2H3,(H,28,29,31). The Kier molecular flexibility index (Phi) is 7.36. The van der Waals surface area contributed by atoms with Gasteiger partial charge in [-0.15, -0.1) is 0 Å². The number of carbonyl (C=O) groups excluding carboxylic acids is 1. The quantitative estimate of drug-likeness (QED) is 0.508. The molecule has 1 fully saturated rings. The Morgan fingerprint density at radius 1 is 1.21 bits per heavy atom. The lowest BCUT2D eigenvalue weighted by molar-refractivity contribution is -0.115. The average Bonchev–Trinajstić information content (AvgIpc) is 3.12.